The first-order valence-electron chi connectivity index (χ1n) is 5.51. The molecule has 1 aromatic rings. The Labute approximate surface area is 100 Å². The third-order valence-corrected chi connectivity index (χ3v) is 2.42. The Morgan fingerprint density at radius 3 is 2.76 bits per heavy atom. The number of nitrogens with zero attached hydrogens (tertiary/aromatic N) is 2. The first kappa shape index (κ1) is 13.2. The summed E-state index contributed by atoms with van der Waals surface area (Å²) in [5.74, 6) is -1.31. The minimum atomic E-state index is -1.13. The van der Waals surface area contributed by atoms with Crippen LogP contribution in [0.15, 0.2) is 18.3 Å². The molecule has 17 heavy (non-hydrogen) atoms. The maximum atomic E-state index is 11.9. The van der Waals surface area contributed by atoms with Crippen LogP contribution < -0.4 is 0 Å². The maximum Gasteiger partial charge on any atom is 0.354 e. The number of carboxylic acids is 1. The summed E-state index contributed by atoms with van der Waals surface area (Å²) < 4.78 is 0. The van der Waals surface area contributed by atoms with E-state index in [0.717, 1.165) is 12.8 Å². The van der Waals surface area contributed by atoms with Crippen LogP contribution in [0.4, 0.5) is 0 Å². The molecule has 1 heterocycles. The number of hydrogen-bond donors (Lipinski definition) is 1. The van der Waals surface area contributed by atoms with Crippen molar-refractivity contribution in [3.05, 3.63) is 29.6 Å². The number of aromatic carboxylic acids is 1. The Morgan fingerprint density at radius 2 is 2.18 bits per heavy atom. The quantitative estimate of drug-likeness (QED) is 0.843. The zero-order valence-corrected chi connectivity index (χ0v) is 10.0. The summed E-state index contributed by atoms with van der Waals surface area (Å²) in [6.07, 6.45) is 3.28. The molecular formula is C12H16N2O3. The second-order valence-electron chi connectivity index (χ2n) is 3.82. The lowest BCUT2D eigenvalue weighted by atomic mass is 10.2. The van der Waals surface area contributed by atoms with Crippen LogP contribution in [0.2, 0.25) is 0 Å². The largest absolute Gasteiger partial charge is 0.477 e. The lowest BCUT2D eigenvalue weighted by Crippen LogP contribution is -2.27. The fraction of sp³-hybridized carbons (Fsp3) is 0.417. The number of rotatable bonds is 5. The highest BCUT2D eigenvalue weighted by Crippen LogP contribution is 2.06. The first-order chi connectivity index (χ1) is 8.06. The second kappa shape index (κ2) is 5.98. The van der Waals surface area contributed by atoms with Crippen molar-refractivity contribution in [2.24, 2.45) is 0 Å². The Bertz CT molecular complexity index is 418. The van der Waals surface area contributed by atoms with E-state index in [4.69, 9.17) is 5.11 Å². The van der Waals surface area contributed by atoms with Gasteiger partial charge in [0.05, 0.1) is 0 Å². The Morgan fingerprint density at radius 1 is 1.47 bits per heavy atom. The summed E-state index contributed by atoms with van der Waals surface area (Å²) in [4.78, 5) is 27.9. The summed E-state index contributed by atoms with van der Waals surface area (Å²) in [7, 11) is 1.71. The van der Waals surface area contributed by atoms with Gasteiger partial charge in [-0.3, -0.25) is 4.79 Å². The smallest absolute Gasteiger partial charge is 0.354 e. The Hall–Kier alpha value is -1.91. The monoisotopic (exact) mass is 236 g/mol. The van der Waals surface area contributed by atoms with Gasteiger partial charge in [-0.15, -0.1) is 0 Å². The molecule has 0 saturated carbocycles. The Kier molecular flexibility index (Phi) is 4.63. The van der Waals surface area contributed by atoms with E-state index < -0.39 is 5.97 Å². The zero-order valence-electron chi connectivity index (χ0n) is 10.0. The van der Waals surface area contributed by atoms with Crippen molar-refractivity contribution in [2.75, 3.05) is 13.6 Å². The van der Waals surface area contributed by atoms with Gasteiger partial charge in [0.15, 0.2) is 0 Å². The number of pyridine rings is 1. The Balaban J connectivity index is 2.81. The summed E-state index contributed by atoms with van der Waals surface area (Å²) in [5, 5.41) is 8.78. The van der Waals surface area contributed by atoms with Crippen LogP contribution in [0, 0.1) is 0 Å². The van der Waals surface area contributed by atoms with Gasteiger partial charge in [0.25, 0.3) is 5.91 Å². The van der Waals surface area contributed by atoms with Gasteiger partial charge < -0.3 is 10.0 Å². The zero-order chi connectivity index (χ0) is 12.8. The summed E-state index contributed by atoms with van der Waals surface area (Å²) in [5.41, 5.74) is 0.246. The van der Waals surface area contributed by atoms with Crippen molar-refractivity contribution in [3.63, 3.8) is 0 Å². The van der Waals surface area contributed by atoms with Crippen molar-refractivity contribution in [2.45, 2.75) is 19.8 Å². The van der Waals surface area contributed by atoms with Crippen LogP contribution in [0.1, 0.15) is 40.6 Å². The van der Waals surface area contributed by atoms with E-state index >= 15 is 0 Å². The van der Waals surface area contributed by atoms with Crippen molar-refractivity contribution in [1.82, 2.24) is 9.88 Å². The molecule has 0 atom stereocenters. The van der Waals surface area contributed by atoms with E-state index in [1.165, 1.54) is 18.3 Å². The molecule has 0 unspecified atom stereocenters. The van der Waals surface area contributed by atoms with Crippen LogP contribution in [0.25, 0.3) is 0 Å². The minimum Gasteiger partial charge on any atom is -0.477 e. The third kappa shape index (κ3) is 3.55. The van der Waals surface area contributed by atoms with E-state index in [1.54, 1.807) is 11.9 Å². The molecule has 92 valence electrons. The molecule has 0 radical (unpaired) electrons. The van der Waals surface area contributed by atoms with E-state index in [2.05, 4.69) is 4.98 Å². The molecule has 5 heteroatoms. The molecule has 1 N–H and O–H groups in total. The van der Waals surface area contributed by atoms with E-state index in [1.807, 2.05) is 6.92 Å². The second-order valence-corrected chi connectivity index (χ2v) is 3.82. The highest BCUT2D eigenvalue weighted by Gasteiger charge is 2.13. The SMILES string of the molecule is CCCCN(C)C(=O)c1ccnc(C(=O)O)c1. The normalized spacial score (nSPS) is 10.0. The van der Waals surface area contributed by atoms with Crippen LogP contribution in [0.3, 0.4) is 0 Å². The first-order valence-corrected chi connectivity index (χ1v) is 5.51. The summed E-state index contributed by atoms with van der Waals surface area (Å²) in [6, 6.07) is 2.82. The average Bonchev–Trinajstić information content (AvgIpc) is 2.35. The molecule has 0 aromatic carbocycles. The third-order valence-electron chi connectivity index (χ3n) is 2.42. The highest BCUT2D eigenvalue weighted by molar-refractivity contribution is 5.96. The van der Waals surface area contributed by atoms with Gasteiger partial charge in [0, 0.05) is 25.4 Å². The molecule has 0 saturated heterocycles. The lowest BCUT2D eigenvalue weighted by molar-refractivity contribution is 0.0690. The number of unbranched alkanes of at least 4 members (excludes halogenated alkanes) is 1. The molecule has 0 aliphatic heterocycles. The van der Waals surface area contributed by atoms with E-state index in [0.29, 0.717) is 12.1 Å². The van der Waals surface area contributed by atoms with Gasteiger partial charge in [-0.05, 0) is 18.6 Å². The number of hydrogen-bond acceptors (Lipinski definition) is 3. The average molecular weight is 236 g/mol. The molecular weight excluding hydrogens is 220 g/mol. The molecule has 0 fully saturated rings. The molecule has 0 spiro atoms. The van der Waals surface area contributed by atoms with Gasteiger partial charge in [0.2, 0.25) is 0 Å². The van der Waals surface area contributed by atoms with Gasteiger partial charge in [0.1, 0.15) is 5.69 Å². The number of carboxylic acid groups (broad SMARTS) is 1. The highest BCUT2D eigenvalue weighted by atomic mass is 16.4. The summed E-state index contributed by atoms with van der Waals surface area (Å²) >= 11 is 0. The molecule has 1 aromatic heterocycles. The number of carbonyl (C=O) groups is 2. The predicted molar refractivity (Wildman–Crippen MR) is 63.1 cm³/mol. The van der Waals surface area contributed by atoms with E-state index in [9.17, 15) is 9.59 Å². The number of carbonyl (C=O) groups excluding carboxylic acids is 1. The maximum absolute atomic E-state index is 11.9. The van der Waals surface area contributed by atoms with Gasteiger partial charge in [-0.2, -0.15) is 0 Å². The number of aromatic nitrogens is 1. The molecule has 1 rings (SSSR count). The molecule has 5 nitrogen and oxygen atoms in total. The van der Waals surface area contributed by atoms with Crippen LogP contribution in [-0.4, -0.2) is 40.5 Å². The number of amides is 1. The van der Waals surface area contributed by atoms with Crippen molar-refractivity contribution in [1.29, 1.82) is 0 Å². The van der Waals surface area contributed by atoms with Crippen LogP contribution >= 0.6 is 0 Å². The van der Waals surface area contributed by atoms with Gasteiger partial charge >= 0.3 is 5.97 Å². The molecule has 1 amide bonds. The van der Waals surface area contributed by atoms with Crippen molar-refractivity contribution in [3.8, 4) is 0 Å². The van der Waals surface area contributed by atoms with Crippen molar-refractivity contribution < 1.29 is 14.7 Å². The molecule has 0 bridgehead atoms. The molecule has 0 aliphatic carbocycles. The predicted octanol–water partition coefficient (Wildman–Crippen LogP) is 1.65. The standard InChI is InChI=1S/C12H16N2O3/c1-3-4-7-14(2)11(15)9-5-6-13-10(8-9)12(16)17/h5-6,8H,3-4,7H2,1-2H3,(H,16,17). The summed E-state index contributed by atoms with van der Waals surface area (Å²) in [6.45, 7) is 2.72. The fourth-order valence-corrected chi connectivity index (χ4v) is 1.40. The van der Waals surface area contributed by atoms with E-state index in [-0.39, 0.29) is 11.6 Å². The molecule has 0 aliphatic rings. The fourth-order valence-electron chi connectivity index (χ4n) is 1.40. The topological polar surface area (TPSA) is 70.5 Å². The minimum absolute atomic E-state index is 0.111. The van der Waals surface area contributed by atoms with Gasteiger partial charge in [-0.25, -0.2) is 9.78 Å². The van der Waals surface area contributed by atoms with Gasteiger partial charge in [-0.1, -0.05) is 13.3 Å². The van der Waals surface area contributed by atoms with Crippen LogP contribution in [-0.2, 0) is 0 Å². The lowest BCUT2D eigenvalue weighted by Gasteiger charge is -2.16. The van der Waals surface area contributed by atoms with Crippen molar-refractivity contribution >= 4 is 11.9 Å². The van der Waals surface area contributed by atoms with Crippen LogP contribution in [0.5, 0.6) is 0 Å².